The molecule has 1 aromatic carbocycles. The second-order valence-corrected chi connectivity index (χ2v) is 7.08. The molecule has 0 nitrogen and oxygen atoms in total. The van der Waals surface area contributed by atoms with Crippen molar-refractivity contribution in [2.45, 2.75) is 45.4 Å². The van der Waals surface area contributed by atoms with Crippen molar-refractivity contribution < 1.29 is 0 Å². The van der Waals surface area contributed by atoms with Crippen LogP contribution in [0.5, 0.6) is 0 Å². The topological polar surface area (TPSA) is 0 Å². The summed E-state index contributed by atoms with van der Waals surface area (Å²) in [4.78, 5) is 1.13. The fraction of sp³-hybridized carbons (Fsp3) is 0.412. The first-order valence-corrected chi connectivity index (χ1v) is 8.77. The predicted octanol–water partition coefficient (Wildman–Crippen LogP) is 6.42. The van der Waals surface area contributed by atoms with Crippen LogP contribution in [0, 0.1) is 0 Å². The lowest BCUT2D eigenvalue weighted by molar-refractivity contribution is 0.972. The minimum absolute atomic E-state index is 0.0942. The Labute approximate surface area is 135 Å². The number of hydrogen-bond donors (Lipinski definition) is 0. The number of rotatable bonds is 5. The molecule has 2 aromatic rings. The van der Waals surface area contributed by atoms with E-state index >= 15 is 0 Å². The van der Waals surface area contributed by atoms with Crippen LogP contribution in [0.15, 0.2) is 24.3 Å². The van der Waals surface area contributed by atoms with E-state index in [4.69, 9.17) is 23.2 Å². The standard InChI is InChI=1S/C17H20Cl2S/c1-4-11-9-12(5-2)16(13(6-3)10-11)17(19)14-7-8-15(18)20-14/h7-10,17H,4-6H2,1-3H3. The van der Waals surface area contributed by atoms with Gasteiger partial charge in [-0.25, -0.2) is 0 Å². The normalized spacial score (nSPS) is 12.7. The summed E-state index contributed by atoms with van der Waals surface area (Å²) >= 11 is 14.4. The molecule has 1 unspecified atom stereocenters. The SMILES string of the molecule is CCc1cc(CC)c(C(Cl)c2ccc(Cl)s2)c(CC)c1. The number of benzene rings is 1. The van der Waals surface area contributed by atoms with Crippen molar-refractivity contribution in [1.82, 2.24) is 0 Å². The second-order valence-electron chi connectivity index (χ2n) is 4.89. The van der Waals surface area contributed by atoms with Gasteiger partial charge in [-0.3, -0.25) is 0 Å². The van der Waals surface area contributed by atoms with E-state index < -0.39 is 0 Å². The molecule has 0 saturated heterocycles. The highest BCUT2D eigenvalue weighted by Gasteiger charge is 2.20. The molecule has 1 atom stereocenters. The Bertz CT molecular complexity index is 561. The summed E-state index contributed by atoms with van der Waals surface area (Å²) in [5.74, 6) is 0. The summed E-state index contributed by atoms with van der Waals surface area (Å²) in [5.41, 5.74) is 5.42. The van der Waals surface area contributed by atoms with Gasteiger partial charge in [0.05, 0.1) is 9.71 Å². The molecule has 20 heavy (non-hydrogen) atoms. The number of thiophene rings is 1. The van der Waals surface area contributed by atoms with Crippen LogP contribution in [0.3, 0.4) is 0 Å². The van der Waals surface area contributed by atoms with Gasteiger partial charge in [-0.05, 0) is 53.6 Å². The van der Waals surface area contributed by atoms with Gasteiger partial charge in [-0.15, -0.1) is 22.9 Å². The second kappa shape index (κ2) is 6.98. The molecular weight excluding hydrogens is 307 g/mol. The number of aryl methyl sites for hydroxylation is 3. The third kappa shape index (κ3) is 3.21. The zero-order valence-corrected chi connectivity index (χ0v) is 14.5. The van der Waals surface area contributed by atoms with Gasteiger partial charge in [-0.2, -0.15) is 0 Å². The molecule has 2 rings (SSSR count). The highest BCUT2D eigenvalue weighted by molar-refractivity contribution is 7.16. The Balaban J connectivity index is 2.53. The van der Waals surface area contributed by atoms with Gasteiger partial charge < -0.3 is 0 Å². The Morgan fingerprint density at radius 3 is 2.00 bits per heavy atom. The van der Waals surface area contributed by atoms with E-state index in [1.54, 1.807) is 11.3 Å². The zero-order valence-electron chi connectivity index (χ0n) is 12.2. The van der Waals surface area contributed by atoms with E-state index in [1.807, 2.05) is 12.1 Å². The molecule has 3 heteroatoms. The van der Waals surface area contributed by atoms with Crippen LogP contribution in [-0.2, 0) is 19.3 Å². The van der Waals surface area contributed by atoms with Crippen LogP contribution in [0.2, 0.25) is 4.34 Å². The van der Waals surface area contributed by atoms with Crippen molar-refractivity contribution in [3.05, 3.63) is 55.7 Å². The Kier molecular flexibility index (Phi) is 5.54. The van der Waals surface area contributed by atoms with Crippen molar-refractivity contribution in [2.75, 3.05) is 0 Å². The van der Waals surface area contributed by atoms with Crippen molar-refractivity contribution in [3.8, 4) is 0 Å². The van der Waals surface area contributed by atoms with Gasteiger partial charge in [0.15, 0.2) is 0 Å². The fourth-order valence-corrected chi connectivity index (χ4v) is 4.11. The van der Waals surface area contributed by atoms with Crippen molar-refractivity contribution >= 4 is 34.5 Å². The van der Waals surface area contributed by atoms with Crippen molar-refractivity contribution in [3.63, 3.8) is 0 Å². The van der Waals surface area contributed by atoms with E-state index in [-0.39, 0.29) is 5.38 Å². The molecule has 0 saturated carbocycles. The lowest BCUT2D eigenvalue weighted by Gasteiger charge is -2.19. The Morgan fingerprint density at radius 2 is 1.60 bits per heavy atom. The van der Waals surface area contributed by atoms with Gasteiger partial charge in [-0.1, -0.05) is 44.5 Å². The molecule has 0 fully saturated rings. The van der Waals surface area contributed by atoms with E-state index in [9.17, 15) is 0 Å². The average Bonchev–Trinajstić information content (AvgIpc) is 2.91. The maximum Gasteiger partial charge on any atom is 0.0933 e. The fourth-order valence-electron chi connectivity index (χ4n) is 2.57. The van der Waals surface area contributed by atoms with E-state index in [1.165, 1.54) is 22.3 Å². The summed E-state index contributed by atoms with van der Waals surface area (Å²) in [6, 6.07) is 8.57. The molecule has 0 aliphatic rings. The van der Waals surface area contributed by atoms with Crippen LogP contribution in [0.1, 0.15) is 53.3 Å². The van der Waals surface area contributed by atoms with Gasteiger partial charge in [0.25, 0.3) is 0 Å². The quantitative estimate of drug-likeness (QED) is 0.556. The summed E-state index contributed by atoms with van der Waals surface area (Å²) in [7, 11) is 0. The molecule has 0 aliphatic heterocycles. The first-order valence-electron chi connectivity index (χ1n) is 7.14. The molecule has 0 radical (unpaired) electrons. The van der Waals surface area contributed by atoms with Crippen molar-refractivity contribution in [2.24, 2.45) is 0 Å². The van der Waals surface area contributed by atoms with Crippen LogP contribution in [0.25, 0.3) is 0 Å². The summed E-state index contributed by atoms with van der Waals surface area (Å²) in [6.07, 6.45) is 3.09. The van der Waals surface area contributed by atoms with Gasteiger partial charge in [0.1, 0.15) is 0 Å². The van der Waals surface area contributed by atoms with Gasteiger partial charge in [0.2, 0.25) is 0 Å². The number of alkyl halides is 1. The van der Waals surface area contributed by atoms with Crippen LogP contribution in [-0.4, -0.2) is 0 Å². The first kappa shape index (κ1) is 15.9. The van der Waals surface area contributed by atoms with Gasteiger partial charge in [0, 0.05) is 4.88 Å². The molecule has 0 bridgehead atoms. The molecule has 0 amide bonds. The lowest BCUT2D eigenvalue weighted by Crippen LogP contribution is -2.04. The van der Waals surface area contributed by atoms with Crippen LogP contribution in [0.4, 0.5) is 0 Å². The Morgan fingerprint density at radius 1 is 1.00 bits per heavy atom. The zero-order chi connectivity index (χ0) is 14.7. The van der Waals surface area contributed by atoms with Crippen LogP contribution < -0.4 is 0 Å². The minimum Gasteiger partial charge on any atom is -0.127 e. The highest BCUT2D eigenvalue weighted by atomic mass is 35.5. The molecule has 1 aromatic heterocycles. The smallest absolute Gasteiger partial charge is 0.0933 e. The van der Waals surface area contributed by atoms with Gasteiger partial charge >= 0.3 is 0 Å². The Hall–Kier alpha value is -0.500. The monoisotopic (exact) mass is 326 g/mol. The largest absolute Gasteiger partial charge is 0.127 e. The van der Waals surface area contributed by atoms with Crippen molar-refractivity contribution in [1.29, 1.82) is 0 Å². The summed E-state index contributed by atoms with van der Waals surface area (Å²) < 4.78 is 0.798. The molecule has 1 heterocycles. The molecule has 108 valence electrons. The maximum atomic E-state index is 6.76. The third-order valence-electron chi connectivity index (χ3n) is 3.68. The first-order chi connectivity index (χ1) is 9.60. The summed E-state index contributed by atoms with van der Waals surface area (Å²) in [6.45, 7) is 6.59. The maximum absolute atomic E-state index is 6.76. The third-order valence-corrected chi connectivity index (χ3v) is 5.56. The van der Waals surface area contributed by atoms with E-state index in [0.29, 0.717) is 0 Å². The van der Waals surface area contributed by atoms with E-state index in [0.717, 1.165) is 28.5 Å². The minimum atomic E-state index is -0.0942. The van der Waals surface area contributed by atoms with E-state index in [2.05, 4.69) is 32.9 Å². The lowest BCUT2D eigenvalue weighted by atomic mass is 9.91. The molecule has 0 N–H and O–H groups in total. The molecule has 0 spiro atoms. The predicted molar refractivity (Wildman–Crippen MR) is 91.6 cm³/mol. The number of halogens is 2. The average molecular weight is 327 g/mol. The van der Waals surface area contributed by atoms with Crippen LogP contribution >= 0.6 is 34.5 Å². The number of hydrogen-bond acceptors (Lipinski definition) is 1. The molecular formula is C17H20Cl2S. The highest BCUT2D eigenvalue weighted by Crippen LogP contribution is 2.39. The summed E-state index contributed by atoms with van der Waals surface area (Å²) in [5, 5.41) is -0.0942. The molecule has 0 aliphatic carbocycles.